The summed E-state index contributed by atoms with van der Waals surface area (Å²) in [6.07, 6.45) is 0. The Kier molecular flexibility index (Phi) is 4.94. The second-order valence-electron chi connectivity index (χ2n) is 6.31. The quantitative estimate of drug-likeness (QED) is 0.659. The van der Waals surface area contributed by atoms with E-state index < -0.39 is 11.8 Å². The number of benzene rings is 3. The van der Waals surface area contributed by atoms with Gasteiger partial charge in [-0.25, -0.2) is 4.79 Å². The molecule has 5 heteroatoms. The van der Waals surface area contributed by atoms with Crippen molar-refractivity contribution in [2.45, 2.75) is 6.92 Å². The van der Waals surface area contributed by atoms with Crippen LogP contribution in [0, 0.1) is 6.92 Å². The Morgan fingerprint density at radius 2 is 1.48 bits per heavy atom. The summed E-state index contributed by atoms with van der Waals surface area (Å²) in [5, 5.41) is 19.4. The lowest BCUT2D eigenvalue weighted by atomic mass is 9.97. The number of ketones is 1. The molecule has 136 valence electrons. The first kappa shape index (κ1) is 18.2. The van der Waals surface area contributed by atoms with Crippen molar-refractivity contribution in [2.75, 3.05) is 11.9 Å². The van der Waals surface area contributed by atoms with E-state index in [1.165, 1.54) is 18.2 Å². The molecule has 0 bridgehead atoms. The molecule has 0 saturated heterocycles. The first-order chi connectivity index (χ1) is 12.9. The number of nitrogens with zero attached hydrogens (tertiary/aromatic N) is 1. The molecule has 0 aliphatic carbocycles. The molecule has 0 unspecified atom stereocenters. The van der Waals surface area contributed by atoms with Gasteiger partial charge in [-0.05, 0) is 37.3 Å². The molecule has 2 N–H and O–H groups in total. The average Bonchev–Trinajstić information content (AvgIpc) is 2.67. The Morgan fingerprint density at radius 3 is 2.11 bits per heavy atom. The van der Waals surface area contributed by atoms with E-state index in [2.05, 4.69) is 0 Å². The number of anilines is 2. The Morgan fingerprint density at radius 1 is 0.852 bits per heavy atom. The molecule has 0 aromatic heterocycles. The number of carboxylic acids is 1. The molecule has 0 radical (unpaired) electrons. The van der Waals surface area contributed by atoms with Gasteiger partial charge in [-0.15, -0.1) is 0 Å². The normalized spacial score (nSPS) is 10.4. The summed E-state index contributed by atoms with van der Waals surface area (Å²) in [6.45, 7) is 1.99. The number of hydrogen-bond donors (Lipinski definition) is 2. The molecule has 3 aromatic carbocycles. The van der Waals surface area contributed by atoms with E-state index in [4.69, 9.17) is 0 Å². The summed E-state index contributed by atoms with van der Waals surface area (Å²) in [6, 6.07) is 18.4. The summed E-state index contributed by atoms with van der Waals surface area (Å²) in [5.74, 6) is -1.69. The fraction of sp³-hybridized carbons (Fsp3) is 0.0909. The van der Waals surface area contributed by atoms with Crippen LogP contribution in [0.4, 0.5) is 11.4 Å². The molecule has 0 aliphatic rings. The molecule has 0 amide bonds. The molecule has 3 aromatic rings. The van der Waals surface area contributed by atoms with Crippen molar-refractivity contribution < 1.29 is 19.8 Å². The van der Waals surface area contributed by atoms with E-state index in [0.29, 0.717) is 5.69 Å². The highest BCUT2D eigenvalue weighted by Gasteiger charge is 2.19. The van der Waals surface area contributed by atoms with Gasteiger partial charge in [0.25, 0.3) is 0 Å². The van der Waals surface area contributed by atoms with Gasteiger partial charge in [0.05, 0.1) is 5.56 Å². The highest BCUT2D eigenvalue weighted by molar-refractivity contribution is 6.14. The average molecular weight is 361 g/mol. The van der Waals surface area contributed by atoms with Crippen LogP contribution in [0.2, 0.25) is 0 Å². The standard InChI is InChI=1S/C22H19NO4/c1-14-7-9-16(10-8-14)23(2)17-11-15(12-18(24)13-17)21(25)19-5-3-4-6-20(19)22(26)27/h3-13,24H,1-2H3,(H,26,27). The van der Waals surface area contributed by atoms with Crippen LogP contribution in [0.3, 0.4) is 0 Å². The second kappa shape index (κ2) is 7.33. The maximum absolute atomic E-state index is 12.9. The van der Waals surface area contributed by atoms with Crippen LogP contribution in [0.5, 0.6) is 5.75 Å². The third-order valence-corrected chi connectivity index (χ3v) is 4.38. The molecule has 3 rings (SSSR count). The largest absolute Gasteiger partial charge is 0.508 e. The van der Waals surface area contributed by atoms with Gasteiger partial charge in [0.1, 0.15) is 5.75 Å². The predicted octanol–water partition coefficient (Wildman–Crippen LogP) is 4.40. The number of aromatic carboxylic acids is 1. The van der Waals surface area contributed by atoms with Gasteiger partial charge in [0.15, 0.2) is 5.78 Å². The number of phenols is 1. The van der Waals surface area contributed by atoms with Crippen molar-refractivity contribution in [3.8, 4) is 5.75 Å². The van der Waals surface area contributed by atoms with Crippen molar-refractivity contribution in [3.63, 3.8) is 0 Å². The van der Waals surface area contributed by atoms with Crippen LogP contribution in [0.15, 0.2) is 66.7 Å². The van der Waals surface area contributed by atoms with Crippen molar-refractivity contribution in [2.24, 2.45) is 0 Å². The molecular formula is C22H19NO4. The van der Waals surface area contributed by atoms with E-state index in [1.54, 1.807) is 24.3 Å². The van der Waals surface area contributed by atoms with Crippen LogP contribution < -0.4 is 4.90 Å². The van der Waals surface area contributed by atoms with Gasteiger partial charge in [-0.3, -0.25) is 4.79 Å². The Bertz CT molecular complexity index is 1010. The molecule has 0 saturated carbocycles. The van der Waals surface area contributed by atoms with Crippen molar-refractivity contribution >= 4 is 23.1 Å². The van der Waals surface area contributed by atoms with Crippen LogP contribution in [0.25, 0.3) is 0 Å². The SMILES string of the molecule is Cc1ccc(N(C)c2cc(O)cc(C(=O)c3ccccc3C(=O)O)c2)cc1. The van der Waals surface area contributed by atoms with E-state index in [1.807, 2.05) is 43.1 Å². The molecule has 5 nitrogen and oxygen atoms in total. The summed E-state index contributed by atoms with van der Waals surface area (Å²) in [7, 11) is 1.83. The first-order valence-corrected chi connectivity index (χ1v) is 8.38. The van der Waals surface area contributed by atoms with E-state index >= 15 is 0 Å². The minimum absolute atomic E-state index is 0.0670. The van der Waals surface area contributed by atoms with Crippen LogP contribution in [0.1, 0.15) is 31.8 Å². The topological polar surface area (TPSA) is 77.8 Å². The molecular weight excluding hydrogens is 342 g/mol. The van der Waals surface area contributed by atoms with Crippen LogP contribution in [-0.2, 0) is 0 Å². The summed E-state index contributed by atoms with van der Waals surface area (Å²) >= 11 is 0. The zero-order valence-corrected chi connectivity index (χ0v) is 15.0. The summed E-state index contributed by atoms with van der Waals surface area (Å²) in [4.78, 5) is 26.1. The van der Waals surface area contributed by atoms with E-state index in [0.717, 1.165) is 11.3 Å². The van der Waals surface area contributed by atoms with Crippen molar-refractivity contribution in [1.29, 1.82) is 0 Å². The highest BCUT2D eigenvalue weighted by Crippen LogP contribution is 2.29. The molecule has 0 aliphatic heterocycles. The van der Waals surface area contributed by atoms with Gasteiger partial charge < -0.3 is 15.1 Å². The summed E-state index contributed by atoms with van der Waals surface area (Å²) < 4.78 is 0. The number of carbonyl (C=O) groups is 2. The zero-order valence-electron chi connectivity index (χ0n) is 15.0. The third-order valence-electron chi connectivity index (χ3n) is 4.38. The Hall–Kier alpha value is -3.60. The number of aryl methyl sites for hydroxylation is 1. The monoisotopic (exact) mass is 361 g/mol. The van der Waals surface area contributed by atoms with Gasteiger partial charge in [0.2, 0.25) is 0 Å². The molecule has 27 heavy (non-hydrogen) atoms. The lowest BCUT2D eigenvalue weighted by Gasteiger charge is -2.21. The maximum atomic E-state index is 12.9. The van der Waals surface area contributed by atoms with Crippen LogP contribution in [-0.4, -0.2) is 29.0 Å². The first-order valence-electron chi connectivity index (χ1n) is 8.38. The van der Waals surface area contributed by atoms with E-state index in [9.17, 15) is 19.8 Å². The Balaban J connectivity index is 2.02. The second-order valence-corrected chi connectivity index (χ2v) is 6.31. The highest BCUT2D eigenvalue weighted by atomic mass is 16.4. The zero-order chi connectivity index (χ0) is 19.6. The van der Waals surface area contributed by atoms with E-state index in [-0.39, 0.29) is 22.4 Å². The number of carbonyl (C=O) groups excluding carboxylic acids is 1. The smallest absolute Gasteiger partial charge is 0.336 e. The molecule has 0 heterocycles. The Labute approximate surface area is 157 Å². The minimum atomic E-state index is -1.17. The molecule has 0 fully saturated rings. The fourth-order valence-corrected chi connectivity index (χ4v) is 2.86. The number of phenolic OH excluding ortho intramolecular Hbond substituents is 1. The number of rotatable bonds is 5. The number of carboxylic acid groups (broad SMARTS) is 1. The van der Waals surface area contributed by atoms with Gasteiger partial charge in [-0.1, -0.05) is 35.9 Å². The minimum Gasteiger partial charge on any atom is -0.508 e. The predicted molar refractivity (Wildman–Crippen MR) is 104 cm³/mol. The van der Waals surface area contributed by atoms with Crippen LogP contribution >= 0.6 is 0 Å². The van der Waals surface area contributed by atoms with Crippen molar-refractivity contribution in [3.05, 3.63) is 89.0 Å². The lowest BCUT2D eigenvalue weighted by Crippen LogP contribution is -2.12. The third kappa shape index (κ3) is 3.82. The number of aromatic hydroxyl groups is 1. The number of hydrogen-bond acceptors (Lipinski definition) is 4. The molecule has 0 atom stereocenters. The lowest BCUT2D eigenvalue weighted by molar-refractivity contribution is 0.0693. The van der Waals surface area contributed by atoms with Gasteiger partial charge in [0, 0.05) is 35.6 Å². The van der Waals surface area contributed by atoms with Gasteiger partial charge >= 0.3 is 5.97 Å². The fourth-order valence-electron chi connectivity index (χ4n) is 2.86. The maximum Gasteiger partial charge on any atom is 0.336 e. The molecule has 0 spiro atoms. The summed E-state index contributed by atoms with van der Waals surface area (Å²) in [5.41, 5.74) is 2.88. The van der Waals surface area contributed by atoms with Crippen molar-refractivity contribution in [1.82, 2.24) is 0 Å². The van der Waals surface area contributed by atoms with Gasteiger partial charge in [-0.2, -0.15) is 0 Å².